The average molecular weight is 387 g/mol. The number of hydrogen-bond donors (Lipinski definition) is 1. The zero-order chi connectivity index (χ0) is 14.0. The van der Waals surface area contributed by atoms with Crippen LogP contribution in [0.3, 0.4) is 0 Å². The van der Waals surface area contributed by atoms with E-state index < -0.39 is 5.54 Å². The lowest BCUT2D eigenvalue weighted by Gasteiger charge is -2.26. The van der Waals surface area contributed by atoms with Crippen LogP contribution >= 0.6 is 31.9 Å². The fourth-order valence-corrected chi connectivity index (χ4v) is 2.99. The molecule has 1 atom stereocenters. The molecule has 0 bridgehead atoms. The molecule has 0 aliphatic rings. The molecule has 19 heavy (non-hydrogen) atoms. The van der Waals surface area contributed by atoms with E-state index in [1.165, 1.54) is 12.1 Å². The van der Waals surface area contributed by atoms with Gasteiger partial charge in [-0.1, -0.05) is 44.0 Å². The van der Waals surface area contributed by atoms with Crippen molar-refractivity contribution in [2.75, 3.05) is 0 Å². The number of halogens is 3. The predicted molar refractivity (Wildman–Crippen MR) is 83.5 cm³/mol. The maximum atomic E-state index is 13.4. The molecular formula is C15H14Br2FN. The molecule has 0 aliphatic carbocycles. The van der Waals surface area contributed by atoms with Crippen LogP contribution in [-0.2, 0) is 12.0 Å². The molecule has 0 heterocycles. The number of rotatable bonds is 3. The summed E-state index contributed by atoms with van der Waals surface area (Å²) in [4.78, 5) is 0. The highest BCUT2D eigenvalue weighted by atomic mass is 79.9. The van der Waals surface area contributed by atoms with E-state index in [0.717, 1.165) is 20.1 Å². The van der Waals surface area contributed by atoms with Gasteiger partial charge >= 0.3 is 0 Å². The maximum absolute atomic E-state index is 13.4. The molecule has 2 aromatic carbocycles. The van der Waals surface area contributed by atoms with Gasteiger partial charge < -0.3 is 5.73 Å². The summed E-state index contributed by atoms with van der Waals surface area (Å²) in [5, 5.41) is 0. The number of hydrogen-bond acceptors (Lipinski definition) is 1. The Hall–Kier alpha value is -0.710. The van der Waals surface area contributed by atoms with Crippen molar-refractivity contribution in [3.8, 4) is 0 Å². The van der Waals surface area contributed by atoms with Crippen molar-refractivity contribution in [2.24, 2.45) is 5.73 Å². The van der Waals surface area contributed by atoms with E-state index in [2.05, 4.69) is 31.9 Å². The van der Waals surface area contributed by atoms with Gasteiger partial charge in [0.2, 0.25) is 0 Å². The van der Waals surface area contributed by atoms with Crippen molar-refractivity contribution in [1.29, 1.82) is 0 Å². The van der Waals surface area contributed by atoms with Crippen molar-refractivity contribution in [3.05, 3.63) is 68.4 Å². The van der Waals surface area contributed by atoms with E-state index in [1.54, 1.807) is 0 Å². The third-order valence-corrected chi connectivity index (χ3v) is 3.93. The summed E-state index contributed by atoms with van der Waals surface area (Å²) in [6.45, 7) is 1.95. The summed E-state index contributed by atoms with van der Waals surface area (Å²) in [6.07, 6.45) is 0.569. The smallest absolute Gasteiger partial charge is 0.124 e. The Labute approximate surface area is 129 Å². The standard InChI is InChI=1S/C15H14Br2FN/c1-15(19,11-3-2-4-12(16)7-11)9-10-5-13(17)8-14(18)6-10/h2-8H,9,19H2,1H3. The second-order valence-electron chi connectivity index (χ2n) is 4.88. The van der Waals surface area contributed by atoms with Crippen molar-refractivity contribution in [2.45, 2.75) is 18.9 Å². The van der Waals surface area contributed by atoms with Gasteiger partial charge in [0.25, 0.3) is 0 Å². The highest BCUT2D eigenvalue weighted by Crippen LogP contribution is 2.26. The van der Waals surface area contributed by atoms with Crippen molar-refractivity contribution in [3.63, 3.8) is 0 Å². The Kier molecular flexibility index (Phi) is 4.43. The minimum absolute atomic E-state index is 0.255. The van der Waals surface area contributed by atoms with Gasteiger partial charge in [-0.05, 0) is 54.8 Å². The largest absolute Gasteiger partial charge is 0.321 e. The summed E-state index contributed by atoms with van der Waals surface area (Å²) in [7, 11) is 0. The number of nitrogens with two attached hydrogens (primary N) is 1. The summed E-state index contributed by atoms with van der Waals surface area (Å²) < 4.78 is 15.1. The van der Waals surface area contributed by atoms with Crippen LogP contribution in [0.4, 0.5) is 4.39 Å². The van der Waals surface area contributed by atoms with Gasteiger partial charge in [0.15, 0.2) is 0 Å². The van der Waals surface area contributed by atoms with Crippen LogP contribution in [0, 0.1) is 5.82 Å². The first-order valence-electron chi connectivity index (χ1n) is 5.87. The Morgan fingerprint density at radius 2 is 1.84 bits per heavy atom. The molecule has 0 fully saturated rings. The van der Waals surface area contributed by atoms with Crippen LogP contribution in [0.5, 0.6) is 0 Å². The molecule has 0 aliphatic heterocycles. The van der Waals surface area contributed by atoms with E-state index >= 15 is 0 Å². The average Bonchev–Trinajstić information content (AvgIpc) is 2.26. The minimum Gasteiger partial charge on any atom is -0.321 e. The van der Waals surface area contributed by atoms with Crippen LogP contribution < -0.4 is 5.73 Å². The first-order chi connectivity index (χ1) is 8.87. The van der Waals surface area contributed by atoms with E-state index in [0.29, 0.717) is 6.42 Å². The zero-order valence-corrected chi connectivity index (χ0v) is 13.6. The molecule has 0 saturated heterocycles. The summed E-state index contributed by atoms with van der Waals surface area (Å²) in [6, 6.07) is 12.7. The normalized spacial score (nSPS) is 14.2. The Morgan fingerprint density at radius 1 is 1.11 bits per heavy atom. The monoisotopic (exact) mass is 385 g/mol. The van der Waals surface area contributed by atoms with Gasteiger partial charge in [-0.15, -0.1) is 0 Å². The highest BCUT2D eigenvalue weighted by Gasteiger charge is 2.22. The summed E-state index contributed by atoms with van der Waals surface area (Å²) >= 11 is 6.74. The zero-order valence-electron chi connectivity index (χ0n) is 10.5. The van der Waals surface area contributed by atoms with Crippen LogP contribution in [0.1, 0.15) is 18.1 Å². The quantitative estimate of drug-likeness (QED) is 0.807. The molecule has 0 amide bonds. The molecular weight excluding hydrogens is 373 g/mol. The highest BCUT2D eigenvalue weighted by molar-refractivity contribution is 9.10. The Balaban J connectivity index is 2.30. The molecule has 1 nitrogen and oxygen atoms in total. The number of benzene rings is 2. The molecule has 2 N–H and O–H groups in total. The topological polar surface area (TPSA) is 26.0 Å². The van der Waals surface area contributed by atoms with Crippen LogP contribution in [-0.4, -0.2) is 0 Å². The van der Waals surface area contributed by atoms with E-state index in [-0.39, 0.29) is 5.82 Å². The molecule has 2 rings (SSSR count). The molecule has 1 unspecified atom stereocenters. The third-order valence-electron chi connectivity index (χ3n) is 2.98. The van der Waals surface area contributed by atoms with Gasteiger partial charge in [0.05, 0.1) is 0 Å². The lowest BCUT2D eigenvalue weighted by Crippen LogP contribution is -2.35. The summed E-state index contributed by atoms with van der Waals surface area (Å²) in [5.41, 5.74) is 7.72. The van der Waals surface area contributed by atoms with Gasteiger partial charge in [-0.25, -0.2) is 4.39 Å². The molecule has 2 aromatic rings. The lowest BCUT2D eigenvalue weighted by molar-refractivity contribution is 0.489. The van der Waals surface area contributed by atoms with Gasteiger partial charge in [0.1, 0.15) is 5.82 Å². The van der Waals surface area contributed by atoms with Crippen molar-refractivity contribution in [1.82, 2.24) is 0 Å². The second kappa shape index (κ2) is 5.73. The van der Waals surface area contributed by atoms with E-state index in [1.807, 2.05) is 37.3 Å². The first-order valence-corrected chi connectivity index (χ1v) is 7.45. The fraction of sp³-hybridized carbons (Fsp3) is 0.200. The maximum Gasteiger partial charge on any atom is 0.124 e. The molecule has 0 radical (unpaired) electrons. The molecule has 0 aromatic heterocycles. The second-order valence-corrected chi connectivity index (χ2v) is 6.71. The van der Waals surface area contributed by atoms with E-state index in [9.17, 15) is 4.39 Å². The van der Waals surface area contributed by atoms with Crippen LogP contribution in [0.25, 0.3) is 0 Å². The Morgan fingerprint density at radius 3 is 2.47 bits per heavy atom. The van der Waals surface area contributed by atoms with Gasteiger partial charge in [-0.3, -0.25) is 0 Å². The van der Waals surface area contributed by atoms with Gasteiger partial charge in [-0.2, -0.15) is 0 Å². The molecule has 100 valence electrons. The Bertz CT molecular complexity index is 576. The summed E-state index contributed by atoms with van der Waals surface area (Å²) in [5.74, 6) is -0.255. The van der Waals surface area contributed by atoms with Crippen LogP contribution in [0.2, 0.25) is 0 Å². The van der Waals surface area contributed by atoms with Crippen molar-refractivity contribution < 1.29 is 4.39 Å². The fourth-order valence-electron chi connectivity index (χ4n) is 2.08. The lowest BCUT2D eigenvalue weighted by atomic mass is 9.87. The van der Waals surface area contributed by atoms with Gasteiger partial charge in [0, 0.05) is 14.5 Å². The molecule has 0 saturated carbocycles. The van der Waals surface area contributed by atoms with E-state index in [4.69, 9.17) is 5.73 Å². The minimum atomic E-state index is -0.545. The molecule has 0 spiro atoms. The van der Waals surface area contributed by atoms with Crippen LogP contribution in [0.15, 0.2) is 51.4 Å². The predicted octanol–water partition coefficient (Wildman–Crippen LogP) is 4.77. The van der Waals surface area contributed by atoms with Crippen molar-refractivity contribution >= 4 is 31.9 Å². The first kappa shape index (κ1) is 14.7. The third kappa shape index (κ3) is 3.88. The molecule has 4 heteroatoms. The SMILES string of the molecule is CC(N)(Cc1cc(F)cc(Br)c1)c1cccc(Br)c1.